The van der Waals surface area contributed by atoms with Crippen LogP contribution < -0.4 is 11.1 Å². The largest absolute Gasteiger partial charge is 0.370 e. The SMILES string of the molecule is CC(CN1CCCCC1)N=C(N)Nc1ccccc1. The molecule has 1 saturated heterocycles. The number of guanidine groups is 1. The average Bonchev–Trinajstić information content (AvgIpc) is 2.40. The molecule has 0 spiro atoms. The van der Waals surface area contributed by atoms with Crippen LogP contribution in [-0.2, 0) is 0 Å². The average molecular weight is 260 g/mol. The summed E-state index contributed by atoms with van der Waals surface area (Å²) in [4.78, 5) is 6.99. The van der Waals surface area contributed by atoms with Gasteiger partial charge >= 0.3 is 0 Å². The molecular formula is C15H24N4. The zero-order valence-corrected chi connectivity index (χ0v) is 11.7. The van der Waals surface area contributed by atoms with Gasteiger partial charge in [0.15, 0.2) is 5.96 Å². The maximum atomic E-state index is 5.93. The number of nitrogens with one attached hydrogen (secondary N) is 1. The highest BCUT2D eigenvalue weighted by atomic mass is 15.2. The molecule has 1 atom stereocenters. The third-order valence-electron chi connectivity index (χ3n) is 3.38. The van der Waals surface area contributed by atoms with E-state index in [4.69, 9.17) is 5.73 Å². The van der Waals surface area contributed by atoms with E-state index < -0.39 is 0 Å². The van der Waals surface area contributed by atoms with E-state index >= 15 is 0 Å². The smallest absolute Gasteiger partial charge is 0.193 e. The molecule has 1 heterocycles. The van der Waals surface area contributed by atoms with Gasteiger partial charge in [-0.3, -0.25) is 0 Å². The minimum absolute atomic E-state index is 0.231. The third-order valence-corrected chi connectivity index (χ3v) is 3.38. The molecule has 3 N–H and O–H groups in total. The number of nitrogens with two attached hydrogens (primary N) is 1. The van der Waals surface area contributed by atoms with Crippen LogP contribution in [0.25, 0.3) is 0 Å². The fourth-order valence-corrected chi connectivity index (χ4v) is 2.50. The van der Waals surface area contributed by atoms with Crippen molar-refractivity contribution in [3.63, 3.8) is 0 Å². The van der Waals surface area contributed by atoms with E-state index in [9.17, 15) is 0 Å². The lowest BCUT2D eigenvalue weighted by atomic mass is 10.1. The lowest BCUT2D eigenvalue weighted by Gasteiger charge is -2.27. The van der Waals surface area contributed by atoms with E-state index in [0.717, 1.165) is 12.2 Å². The maximum absolute atomic E-state index is 5.93. The van der Waals surface area contributed by atoms with E-state index in [1.807, 2.05) is 30.3 Å². The van der Waals surface area contributed by atoms with Crippen LogP contribution in [0.3, 0.4) is 0 Å². The van der Waals surface area contributed by atoms with Crippen LogP contribution in [0.5, 0.6) is 0 Å². The Morgan fingerprint density at radius 3 is 2.63 bits per heavy atom. The summed E-state index contributed by atoms with van der Waals surface area (Å²) in [6.45, 7) is 5.52. The van der Waals surface area contributed by atoms with Crippen molar-refractivity contribution in [3.8, 4) is 0 Å². The van der Waals surface area contributed by atoms with Gasteiger partial charge in [0.2, 0.25) is 0 Å². The normalized spacial score (nSPS) is 19.1. The van der Waals surface area contributed by atoms with Crippen LogP contribution in [0.1, 0.15) is 26.2 Å². The molecule has 1 aliphatic heterocycles. The standard InChI is InChI=1S/C15H24N4/c1-13(12-19-10-6-3-7-11-19)17-15(16)18-14-8-4-2-5-9-14/h2,4-5,8-9,13H,3,6-7,10-12H2,1H3,(H3,16,17,18). The Kier molecular flexibility index (Phi) is 5.21. The van der Waals surface area contributed by atoms with Gasteiger partial charge in [0.25, 0.3) is 0 Å². The van der Waals surface area contributed by atoms with Gasteiger partial charge in [-0.2, -0.15) is 0 Å². The first-order chi connectivity index (χ1) is 9.24. The molecule has 4 heteroatoms. The summed E-state index contributed by atoms with van der Waals surface area (Å²) in [6, 6.07) is 10.1. The number of rotatable bonds is 4. The van der Waals surface area contributed by atoms with Crippen molar-refractivity contribution < 1.29 is 0 Å². The molecule has 0 amide bonds. The molecule has 0 radical (unpaired) electrons. The second-order valence-corrected chi connectivity index (χ2v) is 5.22. The molecule has 1 unspecified atom stereocenters. The number of benzene rings is 1. The van der Waals surface area contributed by atoms with Crippen molar-refractivity contribution in [1.29, 1.82) is 0 Å². The molecule has 19 heavy (non-hydrogen) atoms. The Morgan fingerprint density at radius 2 is 1.95 bits per heavy atom. The fraction of sp³-hybridized carbons (Fsp3) is 0.533. The second kappa shape index (κ2) is 7.14. The number of hydrogen-bond donors (Lipinski definition) is 2. The molecule has 2 rings (SSSR count). The van der Waals surface area contributed by atoms with Crippen LogP contribution in [0.2, 0.25) is 0 Å². The molecular weight excluding hydrogens is 236 g/mol. The van der Waals surface area contributed by atoms with Crippen molar-refractivity contribution in [2.45, 2.75) is 32.2 Å². The molecule has 4 nitrogen and oxygen atoms in total. The van der Waals surface area contributed by atoms with Crippen LogP contribution >= 0.6 is 0 Å². The zero-order valence-electron chi connectivity index (χ0n) is 11.7. The van der Waals surface area contributed by atoms with Gasteiger partial charge in [-0.25, -0.2) is 4.99 Å². The molecule has 1 aromatic rings. The quantitative estimate of drug-likeness (QED) is 0.645. The minimum atomic E-state index is 0.231. The summed E-state index contributed by atoms with van der Waals surface area (Å²) < 4.78 is 0. The number of nitrogens with zero attached hydrogens (tertiary/aromatic N) is 2. The molecule has 1 fully saturated rings. The molecule has 1 aliphatic rings. The number of anilines is 1. The third kappa shape index (κ3) is 4.91. The lowest BCUT2D eigenvalue weighted by Crippen LogP contribution is -2.36. The molecule has 0 aromatic heterocycles. The van der Waals surface area contributed by atoms with Crippen molar-refractivity contribution in [3.05, 3.63) is 30.3 Å². The van der Waals surface area contributed by atoms with Gasteiger partial charge in [0, 0.05) is 12.2 Å². The molecule has 0 aliphatic carbocycles. The van der Waals surface area contributed by atoms with E-state index in [1.165, 1.54) is 32.4 Å². The highest BCUT2D eigenvalue weighted by Crippen LogP contribution is 2.10. The predicted molar refractivity (Wildman–Crippen MR) is 81.4 cm³/mol. The highest BCUT2D eigenvalue weighted by Gasteiger charge is 2.12. The fourth-order valence-electron chi connectivity index (χ4n) is 2.50. The first-order valence-electron chi connectivity index (χ1n) is 7.12. The van der Waals surface area contributed by atoms with Gasteiger partial charge < -0.3 is 16.0 Å². The Morgan fingerprint density at radius 1 is 1.26 bits per heavy atom. The number of piperidine rings is 1. The van der Waals surface area contributed by atoms with Gasteiger partial charge in [0.1, 0.15) is 0 Å². The maximum Gasteiger partial charge on any atom is 0.193 e. The minimum Gasteiger partial charge on any atom is -0.370 e. The van der Waals surface area contributed by atoms with Crippen LogP contribution in [0, 0.1) is 0 Å². The summed E-state index contributed by atoms with van der Waals surface area (Å²) in [5.41, 5.74) is 6.91. The Hall–Kier alpha value is -1.55. The highest BCUT2D eigenvalue weighted by molar-refractivity contribution is 5.92. The monoisotopic (exact) mass is 260 g/mol. The second-order valence-electron chi connectivity index (χ2n) is 5.22. The van der Waals surface area contributed by atoms with Gasteiger partial charge in [-0.15, -0.1) is 0 Å². The van der Waals surface area contributed by atoms with Crippen LogP contribution in [0.15, 0.2) is 35.3 Å². The Balaban J connectivity index is 1.81. The Bertz CT molecular complexity index is 396. The van der Waals surface area contributed by atoms with Crippen molar-refractivity contribution in [2.24, 2.45) is 10.7 Å². The molecule has 0 saturated carbocycles. The summed E-state index contributed by atoms with van der Waals surface area (Å²) in [7, 11) is 0. The number of aliphatic imine (C=N–C) groups is 1. The van der Waals surface area contributed by atoms with E-state index in [-0.39, 0.29) is 6.04 Å². The van der Waals surface area contributed by atoms with Gasteiger partial charge in [-0.1, -0.05) is 24.6 Å². The molecule has 104 valence electrons. The first-order valence-corrected chi connectivity index (χ1v) is 7.12. The van der Waals surface area contributed by atoms with Crippen molar-refractivity contribution in [2.75, 3.05) is 25.0 Å². The molecule has 0 bridgehead atoms. The van der Waals surface area contributed by atoms with E-state index in [2.05, 4.69) is 22.1 Å². The van der Waals surface area contributed by atoms with E-state index in [1.54, 1.807) is 0 Å². The summed E-state index contributed by atoms with van der Waals surface area (Å²) in [5, 5.41) is 3.12. The van der Waals surface area contributed by atoms with Crippen LogP contribution in [0.4, 0.5) is 5.69 Å². The summed E-state index contributed by atoms with van der Waals surface area (Å²) >= 11 is 0. The molecule has 1 aromatic carbocycles. The van der Waals surface area contributed by atoms with Crippen LogP contribution in [-0.4, -0.2) is 36.5 Å². The predicted octanol–water partition coefficient (Wildman–Crippen LogP) is 2.29. The van der Waals surface area contributed by atoms with Gasteiger partial charge in [0.05, 0.1) is 6.04 Å². The van der Waals surface area contributed by atoms with Gasteiger partial charge in [-0.05, 0) is 45.0 Å². The van der Waals surface area contributed by atoms with Crippen molar-refractivity contribution in [1.82, 2.24) is 4.90 Å². The summed E-state index contributed by atoms with van der Waals surface area (Å²) in [6.07, 6.45) is 3.99. The zero-order chi connectivity index (χ0) is 13.5. The lowest BCUT2D eigenvalue weighted by molar-refractivity contribution is 0.220. The number of hydrogen-bond acceptors (Lipinski definition) is 2. The van der Waals surface area contributed by atoms with E-state index in [0.29, 0.717) is 5.96 Å². The first kappa shape index (κ1) is 13.9. The number of likely N-dealkylation sites (tertiary alicyclic amines) is 1. The summed E-state index contributed by atoms with van der Waals surface area (Å²) in [5.74, 6) is 0.496. The number of para-hydroxylation sites is 1. The Labute approximate surface area is 115 Å². The van der Waals surface area contributed by atoms with Crippen molar-refractivity contribution >= 4 is 11.6 Å². The topological polar surface area (TPSA) is 53.6 Å².